The Labute approximate surface area is 95.6 Å². The molecule has 5 heteroatoms. The van der Waals surface area contributed by atoms with E-state index in [0.717, 1.165) is 32.4 Å². The molecule has 1 saturated heterocycles. The zero-order chi connectivity index (χ0) is 12.0. The number of amides is 1. The molecule has 0 radical (unpaired) electrons. The van der Waals surface area contributed by atoms with E-state index in [1.54, 1.807) is 0 Å². The lowest BCUT2D eigenvalue weighted by molar-refractivity contribution is -0.142. The second-order valence-electron chi connectivity index (χ2n) is 4.21. The van der Waals surface area contributed by atoms with Gasteiger partial charge in [0.1, 0.15) is 6.04 Å². The van der Waals surface area contributed by atoms with Gasteiger partial charge in [-0.3, -0.25) is 4.79 Å². The molecule has 0 bridgehead atoms. The van der Waals surface area contributed by atoms with Crippen LogP contribution in [-0.4, -0.2) is 36.1 Å². The van der Waals surface area contributed by atoms with Crippen LogP contribution in [0.25, 0.3) is 0 Å². The maximum Gasteiger partial charge on any atom is 0.326 e. The summed E-state index contributed by atoms with van der Waals surface area (Å²) in [6.07, 6.45) is 2.84. The van der Waals surface area contributed by atoms with E-state index >= 15 is 0 Å². The SMILES string of the molecule is CCC[C@H](NC(=O)C1CCNCC1)C(=O)O. The Bertz CT molecular complexity index is 250. The second kappa shape index (κ2) is 6.48. The Morgan fingerprint density at radius 1 is 1.44 bits per heavy atom. The summed E-state index contributed by atoms with van der Waals surface area (Å²) in [6, 6.07) is -0.729. The van der Waals surface area contributed by atoms with E-state index in [0.29, 0.717) is 6.42 Å². The molecule has 1 aliphatic heterocycles. The van der Waals surface area contributed by atoms with Crippen molar-refractivity contribution >= 4 is 11.9 Å². The molecule has 16 heavy (non-hydrogen) atoms. The standard InChI is InChI=1S/C11H20N2O3/c1-2-3-9(11(15)16)13-10(14)8-4-6-12-7-5-8/h8-9,12H,2-7H2,1H3,(H,13,14)(H,15,16)/t9-/m0/s1. The van der Waals surface area contributed by atoms with Gasteiger partial charge in [-0.05, 0) is 32.4 Å². The van der Waals surface area contributed by atoms with Crippen molar-refractivity contribution < 1.29 is 14.7 Å². The van der Waals surface area contributed by atoms with Crippen LogP contribution in [0.5, 0.6) is 0 Å². The van der Waals surface area contributed by atoms with Gasteiger partial charge in [0.2, 0.25) is 5.91 Å². The minimum Gasteiger partial charge on any atom is -0.480 e. The summed E-state index contributed by atoms with van der Waals surface area (Å²) in [7, 11) is 0. The van der Waals surface area contributed by atoms with Crippen molar-refractivity contribution in [2.24, 2.45) is 5.92 Å². The molecule has 92 valence electrons. The molecule has 0 aromatic carbocycles. The molecular formula is C11H20N2O3. The number of carboxylic acids is 1. The fourth-order valence-electron chi connectivity index (χ4n) is 1.92. The van der Waals surface area contributed by atoms with Crippen molar-refractivity contribution in [3.8, 4) is 0 Å². The highest BCUT2D eigenvalue weighted by molar-refractivity contribution is 5.85. The van der Waals surface area contributed by atoms with Gasteiger partial charge in [0.05, 0.1) is 0 Å². The molecule has 1 aliphatic rings. The smallest absolute Gasteiger partial charge is 0.326 e. The number of piperidine rings is 1. The summed E-state index contributed by atoms with van der Waals surface area (Å²) in [6.45, 7) is 3.58. The van der Waals surface area contributed by atoms with Crippen LogP contribution < -0.4 is 10.6 Å². The Morgan fingerprint density at radius 3 is 2.56 bits per heavy atom. The third-order valence-electron chi connectivity index (χ3n) is 2.90. The fraction of sp³-hybridized carbons (Fsp3) is 0.818. The van der Waals surface area contributed by atoms with Gasteiger partial charge in [-0.25, -0.2) is 4.79 Å². The van der Waals surface area contributed by atoms with E-state index in [4.69, 9.17) is 5.11 Å². The average molecular weight is 228 g/mol. The van der Waals surface area contributed by atoms with Crippen LogP contribution in [0, 0.1) is 5.92 Å². The highest BCUT2D eigenvalue weighted by atomic mass is 16.4. The summed E-state index contributed by atoms with van der Waals surface area (Å²) in [5.74, 6) is -1.08. The second-order valence-corrected chi connectivity index (χ2v) is 4.21. The molecule has 0 spiro atoms. The molecule has 0 aliphatic carbocycles. The van der Waals surface area contributed by atoms with Gasteiger partial charge in [-0.1, -0.05) is 13.3 Å². The minimum absolute atomic E-state index is 0.0278. The van der Waals surface area contributed by atoms with Gasteiger partial charge in [-0.15, -0.1) is 0 Å². The quantitative estimate of drug-likeness (QED) is 0.634. The minimum atomic E-state index is -0.941. The molecular weight excluding hydrogens is 208 g/mol. The number of rotatable bonds is 5. The van der Waals surface area contributed by atoms with Gasteiger partial charge in [0.25, 0.3) is 0 Å². The van der Waals surface area contributed by atoms with Crippen LogP contribution in [0.3, 0.4) is 0 Å². The number of hydrogen-bond acceptors (Lipinski definition) is 3. The van der Waals surface area contributed by atoms with Crippen molar-refractivity contribution in [3.63, 3.8) is 0 Å². The molecule has 0 aromatic heterocycles. The first kappa shape index (κ1) is 13.0. The van der Waals surface area contributed by atoms with E-state index in [1.165, 1.54) is 0 Å². The third-order valence-corrected chi connectivity index (χ3v) is 2.90. The molecule has 1 fully saturated rings. The third kappa shape index (κ3) is 3.81. The van der Waals surface area contributed by atoms with Crippen LogP contribution in [0.1, 0.15) is 32.6 Å². The molecule has 1 heterocycles. The fourth-order valence-corrected chi connectivity index (χ4v) is 1.92. The normalized spacial score (nSPS) is 19.1. The van der Waals surface area contributed by atoms with Gasteiger partial charge in [0.15, 0.2) is 0 Å². The zero-order valence-electron chi connectivity index (χ0n) is 9.66. The van der Waals surface area contributed by atoms with Crippen molar-refractivity contribution in [2.75, 3.05) is 13.1 Å². The topological polar surface area (TPSA) is 78.4 Å². The van der Waals surface area contributed by atoms with Crippen LogP contribution >= 0.6 is 0 Å². The Kier molecular flexibility index (Phi) is 5.25. The van der Waals surface area contributed by atoms with Crippen LogP contribution in [0.2, 0.25) is 0 Å². The van der Waals surface area contributed by atoms with Crippen molar-refractivity contribution in [1.29, 1.82) is 0 Å². The lowest BCUT2D eigenvalue weighted by Gasteiger charge is -2.23. The van der Waals surface area contributed by atoms with Gasteiger partial charge < -0.3 is 15.7 Å². The first-order chi connectivity index (χ1) is 7.65. The van der Waals surface area contributed by atoms with Crippen LogP contribution in [0.15, 0.2) is 0 Å². The summed E-state index contributed by atoms with van der Waals surface area (Å²) in [5, 5.41) is 14.7. The zero-order valence-corrected chi connectivity index (χ0v) is 9.66. The average Bonchev–Trinajstić information content (AvgIpc) is 2.29. The lowest BCUT2D eigenvalue weighted by atomic mass is 9.96. The highest BCUT2D eigenvalue weighted by Crippen LogP contribution is 2.12. The number of carboxylic acid groups (broad SMARTS) is 1. The van der Waals surface area contributed by atoms with Gasteiger partial charge in [0, 0.05) is 5.92 Å². The predicted octanol–water partition coefficient (Wildman–Crippen LogP) is 0.355. The summed E-state index contributed by atoms with van der Waals surface area (Å²) < 4.78 is 0. The van der Waals surface area contributed by atoms with Gasteiger partial charge in [-0.2, -0.15) is 0 Å². The Balaban J connectivity index is 2.43. The van der Waals surface area contributed by atoms with E-state index in [1.807, 2.05) is 6.92 Å². The maximum absolute atomic E-state index is 11.8. The Morgan fingerprint density at radius 2 is 2.06 bits per heavy atom. The first-order valence-electron chi connectivity index (χ1n) is 5.89. The highest BCUT2D eigenvalue weighted by Gasteiger charge is 2.25. The molecule has 0 saturated carbocycles. The summed E-state index contributed by atoms with van der Waals surface area (Å²) in [4.78, 5) is 22.7. The monoisotopic (exact) mass is 228 g/mol. The molecule has 0 unspecified atom stereocenters. The van der Waals surface area contributed by atoms with E-state index in [9.17, 15) is 9.59 Å². The van der Waals surface area contributed by atoms with Crippen LogP contribution in [-0.2, 0) is 9.59 Å². The molecule has 0 aromatic rings. The number of carbonyl (C=O) groups is 2. The molecule has 1 amide bonds. The number of aliphatic carboxylic acids is 1. The molecule has 3 N–H and O–H groups in total. The van der Waals surface area contributed by atoms with Gasteiger partial charge >= 0.3 is 5.97 Å². The number of nitrogens with one attached hydrogen (secondary N) is 2. The predicted molar refractivity (Wildman–Crippen MR) is 60.1 cm³/mol. The van der Waals surface area contributed by atoms with E-state index in [-0.39, 0.29) is 11.8 Å². The number of hydrogen-bond donors (Lipinski definition) is 3. The lowest BCUT2D eigenvalue weighted by Crippen LogP contribution is -2.45. The van der Waals surface area contributed by atoms with Crippen molar-refractivity contribution in [2.45, 2.75) is 38.6 Å². The van der Waals surface area contributed by atoms with Crippen molar-refractivity contribution in [3.05, 3.63) is 0 Å². The molecule has 1 rings (SSSR count). The van der Waals surface area contributed by atoms with Crippen LogP contribution in [0.4, 0.5) is 0 Å². The maximum atomic E-state index is 11.8. The van der Waals surface area contributed by atoms with Crippen molar-refractivity contribution in [1.82, 2.24) is 10.6 Å². The van der Waals surface area contributed by atoms with E-state index in [2.05, 4.69) is 10.6 Å². The largest absolute Gasteiger partial charge is 0.480 e. The summed E-state index contributed by atoms with van der Waals surface area (Å²) >= 11 is 0. The first-order valence-corrected chi connectivity index (χ1v) is 5.89. The Hall–Kier alpha value is -1.10. The molecule has 5 nitrogen and oxygen atoms in total. The molecule has 1 atom stereocenters. The summed E-state index contributed by atoms with van der Waals surface area (Å²) in [5.41, 5.74) is 0. The number of carbonyl (C=O) groups excluding carboxylic acids is 1. The van der Waals surface area contributed by atoms with E-state index < -0.39 is 12.0 Å².